The van der Waals surface area contributed by atoms with Crippen molar-refractivity contribution in [3.05, 3.63) is 11.8 Å². The fraction of sp³-hybridized carbons (Fsp3) is 0.692. The zero-order chi connectivity index (χ0) is 13.1. The lowest BCUT2D eigenvalue weighted by Gasteiger charge is -2.28. The Morgan fingerprint density at radius 3 is 3.06 bits per heavy atom. The summed E-state index contributed by atoms with van der Waals surface area (Å²) in [5.74, 6) is 1.48. The van der Waals surface area contributed by atoms with Crippen LogP contribution in [0.15, 0.2) is 6.07 Å². The quantitative estimate of drug-likeness (QED) is 0.853. The third-order valence-electron chi connectivity index (χ3n) is 3.66. The van der Waals surface area contributed by atoms with E-state index in [-0.39, 0.29) is 11.9 Å². The number of amides is 1. The summed E-state index contributed by atoms with van der Waals surface area (Å²) < 4.78 is 1.70. The maximum Gasteiger partial charge on any atom is 0.242 e. The minimum atomic E-state index is -0.0705. The van der Waals surface area contributed by atoms with Crippen LogP contribution in [0.4, 0.5) is 5.82 Å². The Morgan fingerprint density at radius 2 is 2.44 bits per heavy atom. The highest BCUT2D eigenvalue weighted by Gasteiger charge is 2.26. The summed E-state index contributed by atoms with van der Waals surface area (Å²) >= 11 is 0. The van der Waals surface area contributed by atoms with Crippen molar-refractivity contribution in [1.82, 2.24) is 15.1 Å². The smallest absolute Gasteiger partial charge is 0.242 e. The van der Waals surface area contributed by atoms with Crippen molar-refractivity contribution in [1.29, 1.82) is 0 Å². The van der Waals surface area contributed by atoms with Crippen LogP contribution in [0.2, 0.25) is 0 Å². The van der Waals surface area contributed by atoms with Crippen LogP contribution in [0.3, 0.4) is 0 Å². The predicted octanol–water partition coefficient (Wildman–Crippen LogP) is 1.45. The first-order valence-electron chi connectivity index (χ1n) is 6.65. The van der Waals surface area contributed by atoms with E-state index in [1.54, 1.807) is 4.68 Å². The average Bonchev–Trinajstić information content (AvgIpc) is 2.68. The Kier molecular flexibility index (Phi) is 4.01. The lowest BCUT2D eigenvalue weighted by atomic mass is 9.90. The Bertz CT molecular complexity index is 427. The fourth-order valence-electron chi connectivity index (χ4n) is 2.51. The number of aryl methyl sites for hydroxylation is 2. The van der Waals surface area contributed by atoms with Gasteiger partial charge in [-0.15, -0.1) is 0 Å². The minimum absolute atomic E-state index is 0.0520. The Balaban J connectivity index is 1.97. The molecule has 1 aromatic rings. The normalized spacial score (nSPS) is 23.9. The molecular weight excluding hydrogens is 228 g/mol. The molecule has 2 unspecified atom stereocenters. The van der Waals surface area contributed by atoms with Gasteiger partial charge in [0.1, 0.15) is 5.82 Å². The van der Waals surface area contributed by atoms with Gasteiger partial charge in [-0.1, -0.05) is 13.3 Å². The summed E-state index contributed by atoms with van der Waals surface area (Å²) in [7, 11) is 1.84. The first-order chi connectivity index (χ1) is 8.60. The molecule has 1 aliphatic rings. The molecule has 18 heavy (non-hydrogen) atoms. The molecule has 0 spiro atoms. The molecule has 1 aliphatic heterocycles. The molecule has 1 amide bonds. The summed E-state index contributed by atoms with van der Waals surface area (Å²) in [5, 5.41) is 10.5. The Morgan fingerprint density at radius 1 is 1.67 bits per heavy atom. The molecule has 2 heterocycles. The van der Waals surface area contributed by atoms with E-state index in [9.17, 15) is 4.79 Å². The van der Waals surface area contributed by atoms with Crippen molar-refractivity contribution < 1.29 is 4.79 Å². The average molecular weight is 250 g/mol. The van der Waals surface area contributed by atoms with Gasteiger partial charge in [-0.3, -0.25) is 9.48 Å². The van der Waals surface area contributed by atoms with Crippen LogP contribution in [0, 0.1) is 12.8 Å². The van der Waals surface area contributed by atoms with E-state index in [0.717, 1.165) is 30.9 Å². The molecule has 0 saturated carbocycles. The van der Waals surface area contributed by atoms with Crippen LogP contribution in [0.1, 0.15) is 31.9 Å². The van der Waals surface area contributed by atoms with Crippen LogP contribution in [0.5, 0.6) is 0 Å². The molecule has 2 N–H and O–H groups in total. The topological polar surface area (TPSA) is 59.0 Å². The molecule has 0 aliphatic carbocycles. The van der Waals surface area contributed by atoms with Gasteiger partial charge in [0.15, 0.2) is 0 Å². The first kappa shape index (κ1) is 13.1. The van der Waals surface area contributed by atoms with Crippen LogP contribution in [-0.2, 0) is 11.8 Å². The minimum Gasteiger partial charge on any atom is -0.310 e. The van der Waals surface area contributed by atoms with Crippen LogP contribution < -0.4 is 10.6 Å². The highest BCUT2D eigenvalue weighted by molar-refractivity contribution is 5.94. The molecule has 0 radical (unpaired) electrons. The number of carbonyl (C=O) groups excluding carboxylic acids is 1. The van der Waals surface area contributed by atoms with E-state index >= 15 is 0 Å². The molecule has 5 nitrogen and oxygen atoms in total. The second-order valence-electron chi connectivity index (χ2n) is 5.09. The van der Waals surface area contributed by atoms with E-state index in [1.165, 1.54) is 6.42 Å². The second-order valence-corrected chi connectivity index (χ2v) is 5.09. The van der Waals surface area contributed by atoms with E-state index in [0.29, 0.717) is 5.92 Å². The van der Waals surface area contributed by atoms with Gasteiger partial charge >= 0.3 is 0 Å². The number of hydrogen-bond acceptors (Lipinski definition) is 3. The van der Waals surface area contributed by atoms with Gasteiger partial charge in [-0.05, 0) is 32.2 Å². The Labute approximate surface area is 108 Å². The summed E-state index contributed by atoms with van der Waals surface area (Å²) in [6.45, 7) is 5.04. The van der Waals surface area contributed by atoms with Crippen LogP contribution in [0.25, 0.3) is 0 Å². The largest absolute Gasteiger partial charge is 0.310 e. The van der Waals surface area contributed by atoms with Gasteiger partial charge in [-0.2, -0.15) is 5.10 Å². The Hall–Kier alpha value is -1.36. The van der Waals surface area contributed by atoms with Gasteiger partial charge in [0.2, 0.25) is 5.91 Å². The molecule has 1 saturated heterocycles. The van der Waals surface area contributed by atoms with Crippen molar-refractivity contribution in [2.75, 3.05) is 11.9 Å². The van der Waals surface area contributed by atoms with Gasteiger partial charge in [-0.25, -0.2) is 0 Å². The fourth-order valence-corrected chi connectivity index (χ4v) is 2.51. The number of aromatic nitrogens is 2. The molecular formula is C13H22N4O. The monoisotopic (exact) mass is 250 g/mol. The SMILES string of the molecule is CCC1CCNC(C(=O)Nc2cc(C)nn2C)C1. The summed E-state index contributed by atoms with van der Waals surface area (Å²) in [6.07, 6.45) is 3.25. The van der Waals surface area contributed by atoms with Gasteiger partial charge in [0.25, 0.3) is 0 Å². The van der Waals surface area contributed by atoms with Gasteiger partial charge < -0.3 is 10.6 Å². The van der Waals surface area contributed by atoms with E-state index in [4.69, 9.17) is 0 Å². The number of nitrogens with one attached hydrogen (secondary N) is 2. The predicted molar refractivity (Wildman–Crippen MR) is 71.4 cm³/mol. The van der Waals surface area contributed by atoms with E-state index in [1.807, 2.05) is 20.0 Å². The molecule has 0 bridgehead atoms. The first-order valence-corrected chi connectivity index (χ1v) is 6.65. The van der Waals surface area contributed by atoms with E-state index in [2.05, 4.69) is 22.7 Å². The maximum atomic E-state index is 12.2. The standard InChI is InChI=1S/C13H22N4O/c1-4-10-5-6-14-11(8-10)13(18)15-12-7-9(2)16-17(12)3/h7,10-11,14H,4-6,8H2,1-3H3,(H,15,18). The molecule has 1 aromatic heterocycles. The molecule has 100 valence electrons. The summed E-state index contributed by atoms with van der Waals surface area (Å²) in [4.78, 5) is 12.2. The van der Waals surface area contributed by atoms with Crippen molar-refractivity contribution >= 4 is 11.7 Å². The number of piperidine rings is 1. The summed E-state index contributed by atoms with van der Waals surface area (Å²) in [6, 6.07) is 1.82. The number of hydrogen-bond donors (Lipinski definition) is 2. The molecule has 1 fully saturated rings. The maximum absolute atomic E-state index is 12.2. The summed E-state index contributed by atoms with van der Waals surface area (Å²) in [5.41, 5.74) is 0.913. The number of rotatable bonds is 3. The number of anilines is 1. The van der Waals surface area contributed by atoms with Crippen molar-refractivity contribution in [2.45, 2.75) is 39.2 Å². The number of nitrogens with zero attached hydrogens (tertiary/aromatic N) is 2. The second kappa shape index (κ2) is 5.52. The lowest BCUT2D eigenvalue weighted by molar-refractivity contribution is -0.119. The highest BCUT2D eigenvalue weighted by Crippen LogP contribution is 2.20. The molecule has 0 aromatic carbocycles. The number of carbonyl (C=O) groups is 1. The lowest BCUT2D eigenvalue weighted by Crippen LogP contribution is -2.46. The molecule has 5 heteroatoms. The van der Waals surface area contributed by atoms with Crippen molar-refractivity contribution in [3.8, 4) is 0 Å². The molecule has 2 atom stereocenters. The zero-order valence-corrected chi connectivity index (χ0v) is 11.4. The van der Waals surface area contributed by atoms with Crippen LogP contribution in [-0.4, -0.2) is 28.3 Å². The van der Waals surface area contributed by atoms with Gasteiger partial charge in [0, 0.05) is 13.1 Å². The third kappa shape index (κ3) is 2.90. The third-order valence-corrected chi connectivity index (χ3v) is 3.66. The molecule has 2 rings (SSSR count). The highest BCUT2D eigenvalue weighted by atomic mass is 16.2. The van der Waals surface area contributed by atoms with Crippen molar-refractivity contribution in [3.63, 3.8) is 0 Å². The van der Waals surface area contributed by atoms with Gasteiger partial charge in [0.05, 0.1) is 11.7 Å². The van der Waals surface area contributed by atoms with E-state index < -0.39 is 0 Å². The zero-order valence-electron chi connectivity index (χ0n) is 11.4. The van der Waals surface area contributed by atoms with Crippen molar-refractivity contribution in [2.24, 2.45) is 13.0 Å². The van der Waals surface area contributed by atoms with Crippen LogP contribution >= 0.6 is 0 Å².